The lowest BCUT2D eigenvalue weighted by atomic mass is 10.1. The number of hydrogen-bond donors (Lipinski definition) is 0. The van der Waals surface area contributed by atoms with Gasteiger partial charge < -0.3 is 4.90 Å². The van der Waals surface area contributed by atoms with E-state index >= 15 is 0 Å². The fourth-order valence-electron chi connectivity index (χ4n) is 3.13. The largest absolute Gasteiger partial charge is 0.355 e. The summed E-state index contributed by atoms with van der Waals surface area (Å²) in [6.45, 7) is 6.21. The van der Waals surface area contributed by atoms with Gasteiger partial charge in [-0.25, -0.2) is 14.4 Å². The summed E-state index contributed by atoms with van der Waals surface area (Å²) in [7, 11) is 0. The molecule has 0 radical (unpaired) electrons. The lowest BCUT2D eigenvalue weighted by Gasteiger charge is -2.29. The van der Waals surface area contributed by atoms with E-state index in [1.54, 1.807) is 23.9 Å². The molecule has 0 saturated carbocycles. The van der Waals surface area contributed by atoms with Crippen LogP contribution in [0.1, 0.15) is 45.1 Å². The number of benzene rings is 1. The highest BCUT2D eigenvalue weighted by Crippen LogP contribution is 2.32. The molecule has 6 heteroatoms. The van der Waals surface area contributed by atoms with Gasteiger partial charge in [0.05, 0.1) is 5.69 Å². The van der Waals surface area contributed by atoms with Gasteiger partial charge in [-0.3, -0.25) is 0 Å². The van der Waals surface area contributed by atoms with Crippen molar-refractivity contribution in [2.45, 2.75) is 44.7 Å². The summed E-state index contributed by atoms with van der Waals surface area (Å²) >= 11 is 1.63. The zero-order valence-corrected chi connectivity index (χ0v) is 16.7. The SMILES string of the molecule is CC(C)CCSc1nc(-c2ccc(F)cc2)c(C#N)c(N2CCCCC2)n1. The minimum absolute atomic E-state index is 0.297. The molecule has 0 unspecified atom stereocenters. The topological polar surface area (TPSA) is 52.8 Å². The number of anilines is 1. The summed E-state index contributed by atoms with van der Waals surface area (Å²) < 4.78 is 13.4. The predicted molar refractivity (Wildman–Crippen MR) is 108 cm³/mol. The minimum atomic E-state index is -0.297. The first-order valence-electron chi connectivity index (χ1n) is 9.54. The number of rotatable bonds is 6. The maximum atomic E-state index is 13.4. The van der Waals surface area contributed by atoms with Crippen molar-refractivity contribution in [3.05, 3.63) is 35.6 Å². The lowest BCUT2D eigenvalue weighted by Crippen LogP contribution is -2.31. The average Bonchev–Trinajstić information content (AvgIpc) is 2.68. The third kappa shape index (κ3) is 4.98. The predicted octanol–water partition coefficient (Wildman–Crippen LogP) is 5.28. The number of thioether (sulfide) groups is 1. The van der Waals surface area contributed by atoms with Crippen LogP contribution in [0.15, 0.2) is 29.4 Å². The summed E-state index contributed by atoms with van der Waals surface area (Å²) in [5, 5.41) is 10.5. The molecule has 0 spiro atoms. The highest BCUT2D eigenvalue weighted by molar-refractivity contribution is 7.99. The van der Waals surface area contributed by atoms with E-state index in [2.05, 4.69) is 29.8 Å². The number of aromatic nitrogens is 2. The van der Waals surface area contributed by atoms with Crippen molar-refractivity contribution in [1.29, 1.82) is 5.26 Å². The van der Waals surface area contributed by atoms with Gasteiger partial charge in [-0.15, -0.1) is 0 Å². The fraction of sp³-hybridized carbons (Fsp3) is 0.476. The molecule has 0 bridgehead atoms. The second-order valence-electron chi connectivity index (χ2n) is 7.25. The van der Waals surface area contributed by atoms with E-state index in [-0.39, 0.29) is 5.82 Å². The van der Waals surface area contributed by atoms with Crippen LogP contribution in [-0.4, -0.2) is 28.8 Å². The molecule has 0 aliphatic carbocycles. The summed E-state index contributed by atoms with van der Waals surface area (Å²) in [6, 6.07) is 8.48. The molecule has 2 heterocycles. The molecule has 0 N–H and O–H groups in total. The van der Waals surface area contributed by atoms with Crippen molar-refractivity contribution < 1.29 is 4.39 Å². The molecule has 0 atom stereocenters. The Morgan fingerprint density at radius 2 is 1.85 bits per heavy atom. The molecule has 142 valence electrons. The smallest absolute Gasteiger partial charge is 0.190 e. The highest BCUT2D eigenvalue weighted by Gasteiger charge is 2.22. The van der Waals surface area contributed by atoms with Crippen molar-refractivity contribution in [3.8, 4) is 17.3 Å². The van der Waals surface area contributed by atoms with Crippen molar-refractivity contribution in [3.63, 3.8) is 0 Å². The maximum Gasteiger partial charge on any atom is 0.190 e. The number of piperidine rings is 1. The van der Waals surface area contributed by atoms with E-state index in [9.17, 15) is 9.65 Å². The Morgan fingerprint density at radius 3 is 2.48 bits per heavy atom. The second-order valence-corrected chi connectivity index (χ2v) is 8.31. The van der Waals surface area contributed by atoms with Crippen LogP contribution in [0.3, 0.4) is 0 Å². The quantitative estimate of drug-likeness (QED) is 0.501. The third-order valence-electron chi connectivity index (χ3n) is 4.68. The maximum absolute atomic E-state index is 13.4. The van der Waals surface area contributed by atoms with E-state index in [1.165, 1.54) is 18.6 Å². The Bertz CT molecular complexity index is 808. The van der Waals surface area contributed by atoms with Crippen LogP contribution in [0.25, 0.3) is 11.3 Å². The Hall–Kier alpha value is -2.13. The molecule has 1 aliphatic rings. The summed E-state index contributed by atoms with van der Waals surface area (Å²) in [4.78, 5) is 11.6. The Kier molecular flexibility index (Phi) is 6.68. The molecule has 4 nitrogen and oxygen atoms in total. The molecule has 27 heavy (non-hydrogen) atoms. The van der Waals surface area contributed by atoms with Crippen LogP contribution in [0.4, 0.5) is 10.2 Å². The molecule has 1 aromatic heterocycles. The molecule has 0 amide bonds. The van der Waals surface area contributed by atoms with Crippen LogP contribution in [-0.2, 0) is 0 Å². The van der Waals surface area contributed by atoms with Crippen LogP contribution in [0.2, 0.25) is 0 Å². The molecule has 1 saturated heterocycles. The average molecular weight is 385 g/mol. The summed E-state index contributed by atoms with van der Waals surface area (Å²) in [5.41, 5.74) is 1.83. The molecule has 3 rings (SSSR count). The molecule has 1 aromatic carbocycles. The lowest BCUT2D eigenvalue weighted by molar-refractivity contribution is 0.570. The first kappa shape index (κ1) is 19.6. The normalized spacial score (nSPS) is 14.4. The zero-order valence-electron chi connectivity index (χ0n) is 15.9. The first-order chi connectivity index (χ1) is 13.1. The Morgan fingerprint density at radius 1 is 1.15 bits per heavy atom. The minimum Gasteiger partial charge on any atom is -0.355 e. The summed E-state index contributed by atoms with van der Waals surface area (Å²) in [5.74, 6) is 1.98. The number of nitrogens with zero attached hydrogens (tertiary/aromatic N) is 4. The van der Waals surface area contributed by atoms with Gasteiger partial charge >= 0.3 is 0 Å². The van der Waals surface area contributed by atoms with E-state index in [0.29, 0.717) is 22.3 Å². The van der Waals surface area contributed by atoms with Gasteiger partial charge in [-0.2, -0.15) is 5.26 Å². The van der Waals surface area contributed by atoms with Crippen molar-refractivity contribution in [1.82, 2.24) is 9.97 Å². The standard InChI is InChI=1S/C21H25FN4S/c1-15(2)10-13-27-21-24-19(16-6-8-17(22)9-7-16)18(14-23)20(25-21)26-11-4-3-5-12-26/h6-9,15H,3-5,10-13H2,1-2H3. The van der Waals surface area contributed by atoms with Gasteiger partial charge in [0.2, 0.25) is 0 Å². The number of halogens is 1. The van der Waals surface area contributed by atoms with Gasteiger partial charge in [-0.05, 0) is 55.9 Å². The van der Waals surface area contributed by atoms with Gasteiger partial charge in [0.15, 0.2) is 11.0 Å². The van der Waals surface area contributed by atoms with Crippen LogP contribution in [0.5, 0.6) is 0 Å². The zero-order chi connectivity index (χ0) is 19.2. The third-order valence-corrected chi connectivity index (χ3v) is 5.56. The Labute approximate surface area is 164 Å². The monoisotopic (exact) mass is 384 g/mol. The van der Waals surface area contributed by atoms with Gasteiger partial charge in [-0.1, -0.05) is 25.6 Å². The first-order valence-corrected chi connectivity index (χ1v) is 10.5. The van der Waals surface area contributed by atoms with E-state index in [1.807, 2.05) is 0 Å². The molecule has 2 aromatic rings. The fourth-order valence-corrected chi connectivity index (χ4v) is 4.21. The summed E-state index contributed by atoms with van der Waals surface area (Å²) in [6.07, 6.45) is 4.51. The van der Waals surface area contributed by atoms with Gasteiger partial charge in [0, 0.05) is 24.4 Å². The number of nitriles is 1. The van der Waals surface area contributed by atoms with Crippen LogP contribution in [0, 0.1) is 23.1 Å². The van der Waals surface area contributed by atoms with Crippen LogP contribution >= 0.6 is 11.8 Å². The molecular weight excluding hydrogens is 359 g/mol. The van der Waals surface area contributed by atoms with E-state index in [4.69, 9.17) is 4.98 Å². The van der Waals surface area contributed by atoms with Gasteiger partial charge in [0.25, 0.3) is 0 Å². The molecular formula is C21H25FN4S. The van der Waals surface area contributed by atoms with Gasteiger partial charge in [0.1, 0.15) is 17.4 Å². The second kappa shape index (κ2) is 9.18. The molecule has 1 fully saturated rings. The van der Waals surface area contributed by atoms with E-state index < -0.39 is 0 Å². The molecule has 1 aliphatic heterocycles. The van der Waals surface area contributed by atoms with Crippen molar-refractivity contribution in [2.24, 2.45) is 5.92 Å². The number of hydrogen-bond acceptors (Lipinski definition) is 5. The highest BCUT2D eigenvalue weighted by atomic mass is 32.2. The van der Waals surface area contributed by atoms with E-state index in [0.717, 1.165) is 49.5 Å². The van der Waals surface area contributed by atoms with Crippen LogP contribution < -0.4 is 4.90 Å². The van der Waals surface area contributed by atoms with Crippen molar-refractivity contribution in [2.75, 3.05) is 23.7 Å². The van der Waals surface area contributed by atoms with Crippen molar-refractivity contribution >= 4 is 17.6 Å². The Balaban J connectivity index is 2.03.